The first kappa shape index (κ1) is 9.58. The molecule has 69 valence electrons. The van der Waals surface area contributed by atoms with Crippen LogP contribution in [0.5, 0.6) is 0 Å². The number of esters is 1. The Bertz CT molecular complexity index is 308. The van der Waals surface area contributed by atoms with Gasteiger partial charge in [0.05, 0.1) is 12.7 Å². The summed E-state index contributed by atoms with van der Waals surface area (Å²) in [4.78, 5) is 13.0. The molecule has 0 aliphatic heterocycles. The van der Waals surface area contributed by atoms with Crippen LogP contribution in [-0.2, 0) is 4.74 Å². The van der Waals surface area contributed by atoms with Crippen molar-refractivity contribution in [2.75, 3.05) is 26.1 Å². The van der Waals surface area contributed by atoms with Gasteiger partial charge in [-0.05, 0) is 18.2 Å². The number of benzene rings is 1. The number of anilines is 1. The second-order valence-electron chi connectivity index (χ2n) is 2.85. The number of hydrogen-bond donors (Lipinski definition) is 0. The Labute approximate surface area is 77.9 Å². The lowest BCUT2D eigenvalue weighted by molar-refractivity contribution is 0.0600. The molecular weight excluding hydrogens is 166 g/mol. The van der Waals surface area contributed by atoms with Crippen LogP contribution in [0.1, 0.15) is 10.4 Å². The normalized spacial score (nSPS) is 9.46. The van der Waals surface area contributed by atoms with Crippen LogP contribution in [-0.4, -0.2) is 27.2 Å². The lowest BCUT2D eigenvalue weighted by atomic mass is 10.2. The van der Waals surface area contributed by atoms with Crippen molar-refractivity contribution in [3.63, 3.8) is 0 Å². The predicted molar refractivity (Wildman–Crippen MR) is 50.9 cm³/mol. The number of methoxy groups -OCH3 is 1. The van der Waals surface area contributed by atoms with Crippen molar-refractivity contribution in [3.05, 3.63) is 29.8 Å². The van der Waals surface area contributed by atoms with E-state index >= 15 is 0 Å². The number of rotatable bonds is 2. The third-order valence-corrected chi connectivity index (χ3v) is 1.71. The van der Waals surface area contributed by atoms with Crippen molar-refractivity contribution in [2.45, 2.75) is 0 Å². The topological polar surface area (TPSA) is 29.5 Å². The molecule has 1 radical (unpaired) electrons. The van der Waals surface area contributed by atoms with E-state index in [9.17, 15) is 4.79 Å². The van der Waals surface area contributed by atoms with Crippen LogP contribution in [0, 0.1) is 6.07 Å². The molecule has 13 heavy (non-hydrogen) atoms. The van der Waals surface area contributed by atoms with E-state index in [-0.39, 0.29) is 5.97 Å². The zero-order valence-corrected chi connectivity index (χ0v) is 8.00. The molecule has 0 atom stereocenters. The summed E-state index contributed by atoms with van der Waals surface area (Å²) < 4.78 is 4.58. The first-order chi connectivity index (χ1) is 6.15. The molecule has 1 rings (SSSR count). The van der Waals surface area contributed by atoms with E-state index in [1.54, 1.807) is 12.1 Å². The minimum absolute atomic E-state index is 0.358. The van der Waals surface area contributed by atoms with Gasteiger partial charge in [-0.3, -0.25) is 0 Å². The van der Waals surface area contributed by atoms with E-state index < -0.39 is 0 Å². The molecule has 0 saturated heterocycles. The van der Waals surface area contributed by atoms with E-state index in [0.29, 0.717) is 5.56 Å². The number of carbonyl (C=O) groups excluding carboxylic acids is 1. The van der Waals surface area contributed by atoms with Gasteiger partial charge in [0.1, 0.15) is 0 Å². The molecule has 0 heterocycles. The molecule has 0 N–H and O–H groups in total. The Balaban J connectivity index is 2.98. The van der Waals surface area contributed by atoms with Gasteiger partial charge in [-0.1, -0.05) is 6.07 Å². The van der Waals surface area contributed by atoms with Crippen molar-refractivity contribution in [3.8, 4) is 0 Å². The molecular formula is C10H12NO2. The Morgan fingerprint density at radius 2 is 2.23 bits per heavy atom. The fraction of sp³-hybridized carbons (Fsp3) is 0.300. The SMILES string of the molecule is COC(=O)c1[c]ccc(N(C)C)c1. The van der Waals surface area contributed by atoms with Crippen molar-refractivity contribution in [1.29, 1.82) is 0 Å². The molecule has 0 aliphatic rings. The third-order valence-electron chi connectivity index (χ3n) is 1.71. The number of nitrogens with zero attached hydrogens (tertiary/aromatic N) is 1. The standard InChI is InChI=1S/C10H12NO2/c1-11(2)9-6-4-5-8(7-9)10(12)13-3/h4,6-7H,1-3H3. The molecule has 0 fully saturated rings. The molecule has 0 aliphatic carbocycles. The zero-order valence-electron chi connectivity index (χ0n) is 8.00. The van der Waals surface area contributed by atoms with Crippen molar-refractivity contribution in [1.82, 2.24) is 0 Å². The smallest absolute Gasteiger partial charge is 0.338 e. The minimum atomic E-state index is -0.358. The summed E-state index contributed by atoms with van der Waals surface area (Å²) in [5.74, 6) is -0.358. The van der Waals surface area contributed by atoms with Crippen molar-refractivity contribution < 1.29 is 9.53 Å². The summed E-state index contributed by atoms with van der Waals surface area (Å²) in [5.41, 5.74) is 1.41. The van der Waals surface area contributed by atoms with Gasteiger partial charge in [-0.2, -0.15) is 0 Å². The maximum Gasteiger partial charge on any atom is 0.338 e. The summed E-state index contributed by atoms with van der Waals surface area (Å²) in [6, 6.07) is 8.15. The summed E-state index contributed by atoms with van der Waals surface area (Å²) in [7, 11) is 5.19. The first-order valence-corrected chi connectivity index (χ1v) is 3.92. The summed E-state index contributed by atoms with van der Waals surface area (Å²) >= 11 is 0. The van der Waals surface area contributed by atoms with E-state index in [1.807, 2.05) is 25.1 Å². The van der Waals surface area contributed by atoms with Crippen LogP contribution < -0.4 is 4.90 Å². The van der Waals surface area contributed by atoms with Gasteiger partial charge < -0.3 is 9.64 Å². The predicted octanol–water partition coefficient (Wildman–Crippen LogP) is 1.34. The second kappa shape index (κ2) is 3.94. The summed E-state index contributed by atoms with van der Waals surface area (Å²) in [5, 5.41) is 0. The van der Waals surface area contributed by atoms with Crippen LogP contribution in [0.25, 0.3) is 0 Å². The second-order valence-corrected chi connectivity index (χ2v) is 2.85. The van der Waals surface area contributed by atoms with E-state index in [1.165, 1.54) is 7.11 Å². The highest BCUT2D eigenvalue weighted by Gasteiger charge is 2.06. The molecule has 0 saturated carbocycles. The number of ether oxygens (including phenoxy) is 1. The van der Waals surface area contributed by atoms with Crippen LogP contribution in [0.2, 0.25) is 0 Å². The highest BCUT2D eigenvalue weighted by atomic mass is 16.5. The molecule has 1 aromatic carbocycles. The van der Waals surface area contributed by atoms with Gasteiger partial charge in [0.2, 0.25) is 0 Å². The lowest BCUT2D eigenvalue weighted by Gasteiger charge is -2.12. The zero-order chi connectivity index (χ0) is 9.84. The van der Waals surface area contributed by atoms with Gasteiger partial charge in [0.15, 0.2) is 0 Å². The molecule has 3 heteroatoms. The van der Waals surface area contributed by atoms with Gasteiger partial charge in [0, 0.05) is 19.8 Å². The average molecular weight is 178 g/mol. The molecule has 0 bridgehead atoms. The molecule has 3 nitrogen and oxygen atoms in total. The molecule has 1 aromatic rings. The minimum Gasteiger partial charge on any atom is -0.465 e. The van der Waals surface area contributed by atoms with Gasteiger partial charge >= 0.3 is 5.97 Å². The Kier molecular flexibility index (Phi) is 2.90. The Hall–Kier alpha value is -1.51. The molecule has 0 unspecified atom stereocenters. The highest BCUT2D eigenvalue weighted by Crippen LogP contribution is 2.13. The fourth-order valence-electron chi connectivity index (χ4n) is 0.960. The van der Waals surface area contributed by atoms with E-state index in [0.717, 1.165) is 5.69 Å². The number of carbonyl (C=O) groups is 1. The van der Waals surface area contributed by atoms with Gasteiger partial charge in [-0.25, -0.2) is 4.79 Å². The molecule has 0 amide bonds. The average Bonchev–Trinajstić information content (AvgIpc) is 2.17. The van der Waals surface area contributed by atoms with E-state index in [2.05, 4.69) is 10.8 Å². The van der Waals surface area contributed by atoms with Crippen molar-refractivity contribution >= 4 is 11.7 Å². The maximum atomic E-state index is 11.1. The van der Waals surface area contributed by atoms with Gasteiger partial charge in [0.25, 0.3) is 0 Å². The monoisotopic (exact) mass is 178 g/mol. The Morgan fingerprint density at radius 3 is 2.77 bits per heavy atom. The Morgan fingerprint density at radius 1 is 1.54 bits per heavy atom. The van der Waals surface area contributed by atoms with Crippen LogP contribution in [0.3, 0.4) is 0 Å². The summed E-state index contributed by atoms with van der Waals surface area (Å²) in [6.07, 6.45) is 0. The van der Waals surface area contributed by atoms with Crippen LogP contribution >= 0.6 is 0 Å². The summed E-state index contributed by atoms with van der Waals surface area (Å²) in [6.45, 7) is 0. The lowest BCUT2D eigenvalue weighted by Crippen LogP contribution is -2.10. The molecule has 0 aromatic heterocycles. The highest BCUT2D eigenvalue weighted by molar-refractivity contribution is 5.90. The maximum absolute atomic E-state index is 11.1. The van der Waals surface area contributed by atoms with Crippen LogP contribution in [0.15, 0.2) is 18.2 Å². The first-order valence-electron chi connectivity index (χ1n) is 3.92. The van der Waals surface area contributed by atoms with Crippen molar-refractivity contribution in [2.24, 2.45) is 0 Å². The largest absolute Gasteiger partial charge is 0.465 e. The van der Waals surface area contributed by atoms with Gasteiger partial charge in [-0.15, -0.1) is 0 Å². The molecule has 0 spiro atoms. The fourth-order valence-corrected chi connectivity index (χ4v) is 0.960. The van der Waals surface area contributed by atoms with Crippen LogP contribution in [0.4, 0.5) is 5.69 Å². The number of hydrogen-bond acceptors (Lipinski definition) is 3. The quantitative estimate of drug-likeness (QED) is 0.640. The van der Waals surface area contributed by atoms with E-state index in [4.69, 9.17) is 0 Å². The third kappa shape index (κ3) is 2.21.